The number of hydrogen-bond acceptors (Lipinski definition) is 3. The predicted molar refractivity (Wildman–Crippen MR) is 56.5 cm³/mol. The molecule has 0 bridgehead atoms. The average molecular weight is 189 g/mol. The van der Waals surface area contributed by atoms with Crippen LogP contribution in [0.1, 0.15) is 31.0 Å². The van der Waals surface area contributed by atoms with E-state index in [1.807, 2.05) is 13.1 Å². The van der Waals surface area contributed by atoms with Crippen molar-refractivity contribution < 1.29 is 0 Å². The van der Waals surface area contributed by atoms with Gasteiger partial charge in [0.2, 0.25) is 0 Å². The molecule has 1 aromatic rings. The minimum absolute atomic E-state index is 0.284. The summed E-state index contributed by atoms with van der Waals surface area (Å²) in [5.74, 6) is 2.64. The topological polar surface area (TPSA) is 37.8 Å². The molecule has 0 aliphatic heterocycles. The smallest absolute Gasteiger partial charge is 0.115 e. The maximum Gasteiger partial charge on any atom is 0.115 e. The van der Waals surface area contributed by atoms with Crippen LogP contribution in [0, 0.1) is 12.3 Å². The first kappa shape index (κ1) is 10.7. The van der Waals surface area contributed by atoms with Crippen molar-refractivity contribution in [3.8, 4) is 12.3 Å². The molecule has 14 heavy (non-hydrogen) atoms. The number of rotatable bonds is 5. The SMILES string of the molecule is C#CCCCC(NC)c1ccncn1. The standard InChI is InChI=1S/C11H15N3/c1-3-4-5-6-10(12-2)11-7-8-13-9-14-11/h1,7-10,12H,4-6H2,2H3. The predicted octanol–water partition coefficient (Wildman–Crippen LogP) is 1.54. The fourth-order valence-corrected chi connectivity index (χ4v) is 1.36. The summed E-state index contributed by atoms with van der Waals surface area (Å²) in [5, 5.41) is 3.22. The van der Waals surface area contributed by atoms with E-state index in [0.717, 1.165) is 25.0 Å². The highest BCUT2D eigenvalue weighted by Gasteiger charge is 2.08. The molecule has 0 saturated carbocycles. The molecular formula is C11H15N3. The third-order valence-corrected chi connectivity index (χ3v) is 2.12. The zero-order valence-electron chi connectivity index (χ0n) is 8.40. The Labute approximate surface area is 85.0 Å². The summed E-state index contributed by atoms with van der Waals surface area (Å²) in [6.45, 7) is 0. The van der Waals surface area contributed by atoms with Crippen LogP contribution in [-0.2, 0) is 0 Å². The minimum Gasteiger partial charge on any atom is -0.312 e. The zero-order chi connectivity index (χ0) is 10.2. The summed E-state index contributed by atoms with van der Waals surface area (Å²) in [6.07, 6.45) is 11.4. The van der Waals surface area contributed by atoms with Gasteiger partial charge >= 0.3 is 0 Å². The first-order chi connectivity index (χ1) is 6.88. The van der Waals surface area contributed by atoms with E-state index in [0.29, 0.717) is 0 Å². The molecular weight excluding hydrogens is 174 g/mol. The van der Waals surface area contributed by atoms with Gasteiger partial charge in [0, 0.05) is 18.7 Å². The fourth-order valence-electron chi connectivity index (χ4n) is 1.36. The second kappa shape index (κ2) is 6.11. The molecule has 74 valence electrons. The monoisotopic (exact) mass is 189 g/mol. The molecule has 1 N–H and O–H groups in total. The van der Waals surface area contributed by atoms with Gasteiger partial charge in [0.05, 0.1) is 5.69 Å². The largest absolute Gasteiger partial charge is 0.312 e. The second-order valence-corrected chi connectivity index (χ2v) is 3.07. The van der Waals surface area contributed by atoms with Gasteiger partial charge < -0.3 is 5.32 Å². The van der Waals surface area contributed by atoms with Gasteiger partial charge in [-0.15, -0.1) is 12.3 Å². The normalized spacial score (nSPS) is 12.0. The lowest BCUT2D eigenvalue weighted by atomic mass is 10.1. The highest BCUT2D eigenvalue weighted by atomic mass is 14.9. The summed E-state index contributed by atoms with van der Waals surface area (Å²) in [6, 6.07) is 2.21. The van der Waals surface area contributed by atoms with Crippen LogP contribution in [0.4, 0.5) is 0 Å². The van der Waals surface area contributed by atoms with Crippen molar-refractivity contribution in [2.24, 2.45) is 0 Å². The van der Waals surface area contributed by atoms with Crippen LogP contribution in [0.5, 0.6) is 0 Å². The van der Waals surface area contributed by atoms with Crippen LogP contribution in [0.25, 0.3) is 0 Å². The van der Waals surface area contributed by atoms with Crippen LogP contribution in [0.2, 0.25) is 0 Å². The Balaban J connectivity index is 2.51. The molecule has 1 rings (SSSR count). The van der Waals surface area contributed by atoms with E-state index in [2.05, 4.69) is 21.2 Å². The Kier molecular flexibility index (Phi) is 4.66. The van der Waals surface area contributed by atoms with Crippen LogP contribution in [-0.4, -0.2) is 17.0 Å². The molecule has 1 unspecified atom stereocenters. The molecule has 1 heterocycles. The van der Waals surface area contributed by atoms with Gasteiger partial charge in [-0.05, 0) is 26.0 Å². The Morgan fingerprint density at radius 3 is 3.07 bits per heavy atom. The van der Waals surface area contributed by atoms with Gasteiger partial charge in [0.1, 0.15) is 6.33 Å². The molecule has 0 aromatic carbocycles. The van der Waals surface area contributed by atoms with Gasteiger partial charge in [-0.25, -0.2) is 9.97 Å². The zero-order valence-corrected chi connectivity index (χ0v) is 8.40. The third kappa shape index (κ3) is 3.15. The van der Waals surface area contributed by atoms with Crippen LogP contribution < -0.4 is 5.32 Å². The van der Waals surface area contributed by atoms with Gasteiger partial charge in [-0.1, -0.05) is 0 Å². The first-order valence-corrected chi connectivity index (χ1v) is 4.75. The number of hydrogen-bond donors (Lipinski definition) is 1. The number of nitrogens with one attached hydrogen (secondary N) is 1. The Morgan fingerprint density at radius 1 is 1.64 bits per heavy atom. The molecule has 1 aromatic heterocycles. The molecule has 1 atom stereocenters. The summed E-state index contributed by atoms with van der Waals surface area (Å²) in [7, 11) is 1.93. The van der Waals surface area contributed by atoms with E-state index in [1.165, 1.54) is 0 Å². The van der Waals surface area contributed by atoms with E-state index >= 15 is 0 Å². The lowest BCUT2D eigenvalue weighted by molar-refractivity contribution is 0.519. The third-order valence-electron chi connectivity index (χ3n) is 2.12. The van der Waals surface area contributed by atoms with Gasteiger partial charge in [0.15, 0.2) is 0 Å². The second-order valence-electron chi connectivity index (χ2n) is 3.07. The van der Waals surface area contributed by atoms with Crippen LogP contribution in [0.15, 0.2) is 18.6 Å². The maximum absolute atomic E-state index is 5.20. The number of terminal acetylenes is 1. The summed E-state index contributed by atoms with van der Waals surface area (Å²) >= 11 is 0. The van der Waals surface area contributed by atoms with Gasteiger partial charge in [0.25, 0.3) is 0 Å². The van der Waals surface area contributed by atoms with Crippen molar-refractivity contribution in [2.45, 2.75) is 25.3 Å². The summed E-state index contributed by atoms with van der Waals surface area (Å²) < 4.78 is 0. The summed E-state index contributed by atoms with van der Waals surface area (Å²) in [4.78, 5) is 8.09. The quantitative estimate of drug-likeness (QED) is 0.564. The molecule has 3 nitrogen and oxygen atoms in total. The Bertz CT molecular complexity index is 289. The summed E-state index contributed by atoms with van der Waals surface area (Å²) in [5.41, 5.74) is 1.03. The minimum atomic E-state index is 0.284. The number of unbranched alkanes of at least 4 members (excludes halogenated alkanes) is 1. The molecule has 0 fully saturated rings. The van der Waals surface area contributed by atoms with Crippen molar-refractivity contribution in [2.75, 3.05) is 7.05 Å². The molecule has 0 amide bonds. The Morgan fingerprint density at radius 2 is 2.50 bits per heavy atom. The highest BCUT2D eigenvalue weighted by molar-refractivity contribution is 5.04. The molecule has 0 aliphatic carbocycles. The van der Waals surface area contributed by atoms with Crippen molar-refractivity contribution in [1.82, 2.24) is 15.3 Å². The van der Waals surface area contributed by atoms with E-state index in [1.54, 1.807) is 12.5 Å². The van der Waals surface area contributed by atoms with E-state index in [4.69, 9.17) is 6.42 Å². The molecule has 0 radical (unpaired) electrons. The highest BCUT2D eigenvalue weighted by Crippen LogP contribution is 2.15. The first-order valence-electron chi connectivity index (χ1n) is 4.75. The van der Waals surface area contributed by atoms with E-state index in [-0.39, 0.29) is 6.04 Å². The van der Waals surface area contributed by atoms with E-state index < -0.39 is 0 Å². The molecule has 3 heteroatoms. The number of nitrogens with zero attached hydrogens (tertiary/aromatic N) is 2. The molecule has 0 aliphatic rings. The lowest BCUT2D eigenvalue weighted by Gasteiger charge is -2.14. The molecule has 0 spiro atoms. The van der Waals surface area contributed by atoms with Crippen molar-refractivity contribution in [3.05, 3.63) is 24.3 Å². The van der Waals surface area contributed by atoms with Gasteiger partial charge in [-0.2, -0.15) is 0 Å². The van der Waals surface area contributed by atoms with Crippen LogP contribution >= 0.6 is 0 Å². The van der Waals surface area contributed by atoms with E-state index in [9.17, 15) is 0 Å². The average Bonchev–Trinajstić information content (AvgIpc) is 2.26. The lowest BCUT2D eigenvalue weighted by Crippen LogP contribution is -2.17. The van der Waals surface area contributed by atoms with Crippen molar-refractivity contribution >= 4 is 0 Å². The molecule has 0 saturated heterocycles. The van der Waals surface area contributed by atoms with Gasteiger partial charge in [-0.3, -0.25) is 0 Å². The number of aromatic nitrogens is 2. The Hall–Kier alpha value is -1.40. The van der Waals surface area contributed by atoms with Crippen molar-refractivity contribution in [1.29, 1.82) is 0 Å². The van der Waals surface area contributed by atoms with Crippen molar-refractivity contribution in [3.63, 3.8) is 0 Å². The van der Waals surface area contributed by atoms with Crippen LogP contribution in [0.3, 0.4) is 0 Å². The fraction of sp³-hybridized carbons (Fsp3) is 0.455. The maximum atomic E-state index is 5.20.